The number of aromatic nitrogens is 3. The maximum atomic E-state index is 12.1. The van der Waals surface area contributed by atoms with Gasteiger partial charge in [0.2, 0.25) is 7.98 Å². The molecule has 2 aromatic rings. The van der Waals surface area contributed by atoms with Gasteiger partial charge in [-0.15, -0.1) is 0 Å². The molecule has 0 radical (unpaired) electrons. The van der Waals surface area contributed by atoms with Gasteiger partial charge in [0.15, 0.2) is 5.52 Å². The molecule has 0 aliphatic rings. The summed E-state index contributed by atoms with van der Waals surface area (Å²) in [5, 5.41) is 0. The van der Waals surface area contributed by atoms with E-state index in [2.05, 4.69) is 30.7 Å². The van der Waals surface area contributed by atoms with Crippen molar-refractivity contribution in [1.29, 1.82) is 0 Å². The Kier molecular flexibility index (Phi) is 2.56. The van der Waals surface area contributed by atoms with Crippen LogP contribution in [0.4, 0.5) is 0 Å². The van der Waals surface area contributed by atoms with Crippen LogP contribution in [0.25, 0.3) is 11.0 Å². The van der Waals surface area contributed by atoms with E-state index in [1.54, 1.807) is 7.98 Å². The fourth-order valence-corrected chi connectivity index (χ4v) is 1.67. The summed E-state index contributed by atoms with van der Waals surface area (Å²) in [6, 6.07) is 3.81. The van der Waals surface area contributed by atoms with Crippen molar-refractivity contribution >= 4 is 19.0 Å². The monoisotopic (exact) mass is 229 g/mol. The van der Waals surface area contributed by atoms with Crippen LogP contribution >= 0.6 is 0 Å². The highest BCUT2D eigenvalue weighted by molar-refractivity contribution is 6.07. The van der Waals surface area contributed by atoms with Crippen LogP contribution in [0.3, 0.4) is 0 Å². The Morgan fingerprint density at radius 2 is 1.88 bits per heavy atom. The topological polar surface area (TPSA) is 47.8 Å². The summed E-state index contributed by atoms with van der Waals surface area (Å²) in [5.41, 5.74) is 1.87. The van der Waals surface area contributed by atoms with Crippen molar-refractivity contribution in [2.75, 3.05) is 0 Å². The second-order valence-corrected chi connectivity index (χ2v) is 5.34. The van der Waals surface area contributed by atoms with Gasteiger partial charge in [-0.3, -0.25) is 4.79 Å². The third-order valence-corrected chi connectivity index (χ3v) is 2.92. The molecule has 4 nitrogen and oxygen atoms in total. The summed E-state index contributed by atoms with van der Waals surface area (Å²) < 4.78 is 1.53. The number of pyridine rings is 1. The molecule has 2 heterocycles. The van der Waals surface area contributed by atoms with E-state index in [9.17, 15) is 4.79 Å². The fraction of sp³-hybridized carbons (Fsp3) is 0.417. The second-order valence-electron chi connectivity index (χ2n) is 5.34. The smallest absolute Gasteiger partial charge is 0.267 e. The Labute approximate surface area is 101 Å². The summed E-state index contributed by atoms with van der Waals surface area (Å²) >= 11 is 0. The first-order chi connectivity index (χ1) is 7.80. The van der Waals surface area contributed by atoms with Crippen LogP contribution in [0.5, 0.6) is 0 Å². The van der Waals surface area contributed by atoms with Crippen molar-refractivity contribution in [3.05, 3.63) is 34.0 Å². The van der Waals surface area contributed by atoms with Crippen molar-refractivity contribution in [3.8, 4) is 0 Å². The number of rotatable bonds is 0. The quantitative estimate of drug-likeness (QED) is 0.627. The average Bonchev–Trinajstić information content (AvgIpc) is 2.24. The summed E-state index contributed by atoms with van der Waals surface area (Å²) in [6.07, 6.45) is 0. The zero-order valence-corrected chi connectivity index (χ0v) is 10.9. The lowest BCUT2D eigenvalue weighted by Gasteiger charge is -2.17. The zero-order chi connectivity index (χ0) is 12.8. The second kappa shape index (κ2) is 3.69. The maximum Gasteiger partial charge on any atom is 0.267 e. The van der Waals surface area contributed by atoms with Crippen molar-refractivity contribution in [3.63, 3.8) is 0 Å². The van der Waals surface area contributed by atoms with Crippen molar-refractivity contribution in [2.24, 2.45) is 0 Å². The highest BCUT2D eigenvalue weighted by atomic mass is 16.1. The number of aryl methyl sites for hydroxylation is 1. The normalized spacial score (nSPS) is 12.0. The van der Waals surface area contributed by atoms with Crippen LogP contribution in [-0.2, 0) is 5.41 Å². The lowest BCUT2D eigenvalue weighted by atomic mass is 9.91. The molecule has 2 rings (SSSR count). The van der Waals surface area contributed by atoms with Gasteiger partial charge in [-0.05, 0) is 19.1 Å². The molecule has 88 valence electrons. The highest BCUT2D eigenvalue weighted by Gasteiger charge is 2.17. The SMILES string of the molecule is Bn1c(C)nc2ccc(C(C)(C)C)nc2c1=O. The lowest BCUT2D eigenvalue weighted by molar-refractivity contribution is 0.571. The molecule has 0 amide bonds. The van der Waals surface area contributed by atoms with Gasteiger partial charge < -0.3 is 4.48 Å². The number of fused-ring (bicyclic) bond motifs is 1. The third kappa shape index (κ3) is 1.97. The minimum atomic E-state index is -0.0846. The van der Waals surface area contributed by atoms with Gasteiger partial charge in [0.1, 0.15) is 0 Å². The Balaban J connectivity index is 2.83. The number of nitrogens with zero attached hydrogens (tertiary/aromatic N) is 3. The van der Waals surface area contributed by atoms with Crippen LogP contribution in [-0.4, -0.2) is 22.4 Å². The summed E-state index contributed by atoms with van der Waals surface area (Å²) in [6.45, 7) is 8.05. The molecule has 0 fully saturated rings. The van der Waals surface area contributed by atoms with Crippen molar-refractivity contribution in [2.45, 2.75) is 33.1 Å². The van der Waals surface area contributed by atoms with Crippen LogP contribution in [0.15, 0.2) is 16.9 Å². The van der Waals surface area contributed by atoms with E-state index in [0.717, 1.165) is 5.69 Å². The first-order valence-corrected chi connectivity index (χ1v) is 5.65. The number of hydrogen-bond donors (Lipinski definition) is 0. The molecule has 0 aliphatic carbocycles. The third-order valence-electron chi connectivity index (χ3n) is 2.92. The summed E-state index contributed by atoms with van der Waals surface area (Å²) in [7, 11) is 1.72. The molecule has 2 aromatic heterocycles. The molecule has 0 aromatic carbocycles. The molecular weight excluding hydrogens is 213 g/mol. The molecule has 0 bridgehead atoms. The molecular formula is C12H16BN3O. The predicted octanol–water partition coefficient (Wildman–Crippen LogP) is 0.794. The first kappa shape index (κ1) is 11.8. The molecule has 0 atom stereocenters. The maximum absolute atomic E-state index is 12.1. The van der Waals surface area contributed by atoms with E-state index in [1.165, 1.54) is 4.48 Å². The average molecular weight is 229 g/mol. The minimum absolute atomic E-state index is 0.0654. The van der Waals surface area contributed by atoms with Gasteiger partial charge in [-0.25, -0.2) is 9.97 Å². The van der Waals surface area contributed by atoms with E-state index in [0.29, 0.717) is 16.9 Å². The van der Waals surface area contributed by atoms with Crippen LogP contribution in [0.2, 0.25) is 0 Å². The van der Waals surface area contributed by atoms with E-state index < -0.39 is 0 Å². The molecule has 5 heteroatoms. The first-order valence-electron chi connectivity index (χ1n) is 5.65. The molecule has 0 spiro atoms. The molecule has 0 aliphatic heterocycles. The van der Waals surface area contributed by atoms with Gasteiger partial charge >= 0.3 is 0 Å². The molecule has 0 saturated carbocycles. The fourth-order valence-electron chi connectivity index (χ4n) is 1.67. The Bertz CT molecular complexity index is 640. The minimum Gasteiger partial charge on any atom is -0.349 e. The van der Waals surface area contributed by atoms with Crippen molar-refractivity contribution in [1.82, 2.24) is 14.4 Å². The molecule has 0 unspecified atom stereocenters. The van der Waals surface area contributed by atoms with E-state index >= 15 is 0 Å². The zero-order valence-electron chi connectivity index (χ0n) is 10.9. The van der Waals surface area contributed by atoms with Gasteiger partial charge in [0.05, 0.1) is 11.3 Å². The van der Waals surface area contributed by atoms with Crippen LogP contribution < -0.4 is 5.56 Å². The Hall–Kier alpha value is -1.65. The summed E-state index contributed by atoms with van der Waals surface area (Å²) in [5.74, 6) is 0.702. The van der Waals surface area contributed by atoms with Gasteiger partial charge in [0, 0.05) is 11.1 Å². The summed E-state index contributed by atoms with van der Waals surface area (Å²) in [4.78, 5) is 20.9. The highest BCUT2D eigenvalue weighted by Crippen LogP contribution is 2.21. The number of hydrogen-bond acceptors (Lipinski definition) is 3. The van der Waals surface area contributed by atoms with Crippen LogP contribution in [0.1, 0.15) is 32.3 Å². The largest absolute Gasteiger partial charge is 0.349 e. The lowest BCUT2D eigenvalue weighted by Crippen LogP contribution is -2.24. The Morgan fingerprint density at radius 1 is 1.24 bits per heavy atom. The molecule has 17 heavy (non-hydrogen) atoms. The van der Waals surface area contributed by atoms with Gasteiger partial charge in [-0.1, -0.05) is 20.8 Å². The van der Waals surface area contributed by atoms with Gasteiger partial charge in [0.25, 0.3) is 5.56 Å². The standard InChI is InChI=1S/C12H16BN3O/c1-7-14-8-5-6-9(12(2,3)4)15-10(8)11(17)16(7)13/h5-6H,13H2,1-4H3. The van der Waals surface area contributed by atoms with Crippen LogP contribution in [0, 0.1) is 6.92 Å². The molecule has 0 N–H and O–H groups in total. The van der Waals surface area contributed by atoms with Gasteiger partial charge in [-0.2, -0.15) is 0 Å². The van der Waals surface area contributed by atoms with E-state index in [1.807, 2.05) is 19.1 Å². The Morgan fingerprint density at radius 3 is 2.47 bits per heavy atom. The molecule has 0 saturated heterocycles. The van der Waals surface area contributed by atoms with Crippen molar-refractivity contribution < 1.29 is 0 Å². The van der Waals surface area contributed by atoms with E-state index in [-0.39, 0.29) is 11.0 Å². The predicted molar refractivity (Wildman–Crippen MR) is 71.2 cm³/mol. The van der Waals surface area contributed by atoms with E-state index in [4.69, 9.17) is 0 Å².